The highest BCUT2D eigenvalue weighted by molar-refractivity contribution is 6.06. The zero-order valence-corrected chi connectivity index (χ0v) is 11.0. The van der Waals surface area contributed by atoms with Crippen molar-refractivity contribution in [2.45, 2.75) is 6.54 Å². The molecule has 0 bridgehead atoms. The standard InChI is InChI=1S/C14H13N5O/c1-18-7-5-15-12(18)13-17-10-4-2-3-9-11(10)19(13)8-6-16-14(9)20/h2-5,7H,6,8H2,1H3,(H,16,20). The van der Waals surface area contributed by atoms with Gasteiger partial charge in [0.25, 0.3) is 5.91 Å². The summed E-state index contributed by atoms with van der Waals surface area (Å²) in [7, 11) is 1.94. The summed E-state index contributed by atoms with van der Waals surface area (Å²) in [5, 5.41) is 2.91. The molecule has 0 atom stereocenters. The molecule has 0 fully saturated rings. The fourth-order valence-corrected chi connectivity index (χ4v) is 2.71. The third kappa shape index (κ3) is 1.41. The molecule has 1 aliphatic rings. The van der Waals surface area contributed by atoms with Crippen LogP contribution >= 0.6 is 0 Å². The second kappa shape index (κ2) is 3.93. The van der Waals surface area contributed by atoms with Gasteiger partial charge in [-0.15, -0.1) is 0 Å². The lowest BCUT2D eigenvalue weighted by Crippen LogP contribution is -2.24. The number of aromatic nitrogens is 4. The van der Waals surface area contributed by atoms with Crippen LogP contribution in [0.2, 0.25) is 0 Å². The van der Waals surface area contributed by atoms with Crippen molar-refractivity contribution < 1.29 is 4.79 Å². The molecule has 1 amide bonds. The van der Waals surface area contributed by atoms with Gasteiger partial charge >= 0.3 is 0 Å². The Balaban J connectivity index is 2.09. The fourth-order valence-electron chi connectivity index (χ4n) is 2.71. The quantitative estimate of drug-likeness (QED) is 0.720. The Morgan fingerprint density at radius 1 is 1.30 bits per heavy atom. The number of imidazole rings is 2. The van der Waals surface area contributed by atoms with Crippen LogP contribution in [0.5, 0.6) is 0 Å². The molecule has 3 heterocycles. The molecule has 0 unspecified atom stereocenters. The fraction of sp³-hybridized carbons (Fsp3) is 0.214. The average molecular weight is 267 g/mol. The highest BCUT2D eigenvalue weighted by Gasteiger charge is 2.22. The topological polar surface area (TPSA) is 64.7 Å². The number of nitrogens with one attached hydrogen (secondary N) is 1. The minimum absolute atomic E-state index is 0.0411. The van der Waals surface area contributed by atoms with Crippen molar-refractivity contribution in [2.24, 2.45) is 7.05 Å². The minimum atomic E-state index is -0.0411. The van der Waals surface area contributed by atoms with Crippen molar-refractivity contribution in [2.75, 3.05) is 6.54 Å². The number of carbonyl (C=O) groups is 1. The highest BCUT2D eigenvalue weighted by Crippen LogP contribution is 2.27. The third-order valence-corrected chi connectivity index (χ3v) is 3.65. The van der Waals surface area contributed by atoms with Crippen LogP contribution in [0, 0.1) is 0 Å². The van der Waals surface area contributed by atoms with Gasteiger partial charge in [-0.3, -0.25) is 4.79 Å². The van der Waals surface area contributed by atoms with Gasteiger partial charge in [0.15, 0.2) is 11.6 Å². The maximum absolute atomic E-state index is 12.1. The van der Waals surface area contributed by atoms with E-state index in [4.69, 9.17) is 0 Å². The predicted octanol–water partition coefficient (Wildman–Crippen LogP) is 1.18. The normalized spacial score (nSPS) is 14.3. The Bertz CT molecular complexity index is 829. The van der Waals surface area contributed by atoms with Gasteiger partial charge in [0.1, 0.15) is 0 Å². The van der Waals surface area contributed by atoms with E-state index in [-0.39, 0.29) is 5.91 Å². The van der Waals surface area contributed by atoms with E-state index in [2.05, 4.69) is 19.9 Å². The molecule has 100 valence electrons. The molecule has 3 aromatic rings. The summed E-state index contributed by atoms with van der Waals surface area (Å²) in [6.07, 6.45) is 3.64. The minimum Gasteiger partial charge on any atom is -0.350 e. The van der Waals surface area contributed by atoms with Crippen molar-refractivity contribution in [3.8, 4) is 11.6 Å². The van der Waals surface area contributed by atoms with Crippen LogP contribution in [-0.4, -0.2) is 31.6 Å². The zero-order valence-electron chi connectivity index (χ0n) is 11.0. The lowest BCUT2D eigenvalue weighted by Gasteiger charge is -2.06. The molecular weight excluding hydrogens is 254 g/mol. The van der Waals surface area contributed by atoms with Crippen LogP contribution in [-0.2, 0) is 13.6 Å². The first-order valence-corrected chi connectivity index (χ1v) is 6.51. The molecular formula is C14H13N5O. The van der Waals surface area contributed by atoms with Crippen molar-refractivity contribution in [1.29, 1.82) is 0 Å². The van der Waals surface area contributed by atoms with Crippen LogP contribution in [0.25, 0.3) is 22.7 Å². The largest absolute Gasteiger partial charge is 0.350 e. The number of benzene rings is 1. The van der Waals surface area contributed by atoms with E-state index < -0.39 is 0 Å². The van der Waals surface area contributed by atoms with Crippen molar-refractivity contribution >= 4 is 16.9 Å². The maximum atomic E-state index is 12.1. The zero-order chi connectivity index (χ0) is 13.7. The smallest absolute Gasteiger partial charge is 0.253 e. The van der Waals surface area contributed by atoms with E-state index in [1.165, 1.54) is 0 Å². The van der Waals surface area contributed by atoms with Gasteiger partial charge < -0.3 is 14.5 Å². The third-order valence-electron chi connectivity index (χ3n) is 3.65. The molecule has 1 aliphatic heterocycles. The number of aryl methyl sites for hydroxylation is 1. The van der Waals surface area contributed by atoms with E-state index in [1.54, 1.807) is 6.20 Å². The second-order valence-corrected chi connectivity index (χ2v) is 4.88. The lowest BCUT2D eigenvalue weighted by atomic mass is 10.2. The predicted molar refractivity (Wildman–Crippen MR) is 74.3 cm³/mol. The molecule has 0 saturated heterocycles. The summed E-state index contributed by atoms with van der Waals surface area (Å²) in [4.78, 5) is 21.1. The van der Waals surface area contributed by atoms with E-state index in [0.29, 0.717) is 18.7 Å². The van der Waals surface area contributed by atoms with Crippen LogP contribution in [0.3, 0.4) is 0 Å². The van der Waals surface area contributed by atoms with Gasteiger partial charge in [0.05, 0.1) is 16.6 Å². The molecule has 20 heavy (non-hydrogen) atoms. The van der Waals surface area contributed by atoms with Crippen molar-refractivity contribution in [3.05, 3.63) is 36.2 Å². The van der Waals surface area contributed by atoms with E-state index in [1.807, 2.05) is 36.0 Å². The van der Waals surface area contributed by atoms with Gasteiger partial charge in [-0.25, -0.2) is 9.97 Å². The molecule has 0 saturated carbocycles. The number of rotatable bonds is 1. The number of hydrogen-bond donors (Lipinski definition) is 1. The average Bonchev–Trinajstić information content (AvgIpc) is 2.97. The van der Waals surface area contributed by atoms with Gasteiger partial charge in [0, 0.05) is 32.5 Å². The summed E-state index contributed by atoms with van der Waals surface area (Å²) in [5.41, 5.74) is 2.39. The number of nitrogens with zero attached hydrogens (tertiary/aromatic N) is 4. The molecule has 1 aromatic carbocycles. The van der Waals surface area contributed by atoms with E-state index in [0.717, 1.165) is 22.7 Å². The van der Waals surface area contributed by atoms with Gasteiger partial charge in [-0.1, -0.05) is 6.07 Å². The van der Waals surface area contributed by atoms with E-state index >= 15 is 0 Å². The first kappa shape index (κ1) is 11.2. The van der Waals surface area contributed by atoms with Gasteiger partial charge in [0.2, 0.25) is 0 Å². The Hall–Kier alpha value is -2.63. The van der Waals surface area contributed by atoms with Crippen LogP contribution < -0.4 is 5.32 Å². The number of carbonyl (C=O) groups excluding carboxylic acids is 1. The first-order chi connectivity index (χ1) is 9.75. The summed E-state index contributed by atoms with van der Waals surface area (Å²) in [5.74, 6) is 1.57. The molecule has 6 heteroatoms. The Kier molecular flexibility index (Phi) is 2.20. The summed E-state index contributed by atoms with van der Waals surface area (Å²) < 4.78 is 4.01. The molecule has 0 spiro atoms. The molecule has 6 nitrogen and oxygen atoms in total. The molecule has 1 N–H and O–H groups in total. The van der Waals surface area contributed by atoms with Crippen LogP contribution in [0.15, 0.2) is 30.6 Å². The number of para-hydroxylation sites is 1. The maximum Gasteiger partial charge on any atom is 0.253 e. The highest BCUT2D eigenvalue weighted by atomic mass is 16.1. The Morgan fingerprint density at radius 3 is 3.00 bits per heavy atom. The van der Waals surface area contributed by atoms with Crippen LogP contribution in [0.4, 0.5) is 0 Å². The summed E-state index contributed by atoms with van der Waals surface area (Å²) in [6, 6.07) is 5.63. The van der Waals surface area contributed by atoms with Gasteiger partial charge in [-0.2, -0.15) is 0 Å². The SMILES string of the molecule is Cn1ccnc1-c1nc2cccc3c2n1CCNC3=O. The monoisotopic (exact) mass is 267 g/mol. The Labute approximate surface area is 115 Å². The van der Waals surface area contributed by atoms with Crippen LogP contribution in [0.1, 0.15) is 10.4 Å². The van der Waals surface area contributed by atoms with Gasteiger partial charge in [-0.05, 0) is 12.1 Å². The molecule has 4 rings (SSSR count). The first-order valence-electron chi connectivity index (χ1n) is 6.51. The lowest BCUT2D eigenvalue weighted by molar-refractivity contribution is 0.0956. The summed E-state index contributed by atoms with van der Waals surface area (Å²) in [6.45, 7) is 1.29. The number of amides is 1. The summed E-state index contributed by atoms with van der Waals surface area (Å²) >= 11 is 0. The van der Waals surface area contributed by atoms with Crippen molar-refractivity contribution in [1.82, 2.24) is 24.4 Å². The molecule has 2 aromatic heterocycles. The van der Waals surface area contributed by atoms with Crippen molar-refractivity contribution in [3.63, 3.8) is 0 Å². The molecule has 0 aliphatic carbocycles. The Morgan fingerprint density at radius 2 is 2.20 bits per heavy atom. The molecule has 0 radical (unpaired) electrons. The van der Waals surface area contributed by atoms with E-state index in [9.17, 15) is 4.79 Å². The number of hydrogen-bond acceptors (Lipinski definition) is 3. The second-order valence-electron chi connectivity index (χ2n) is 4.88.